The highest BCUT2D eigenvalue weighted by molar-refractivity contribution is 5.70. The number of fused-ring (bicyclic) bond motifs is 1. The maximum absolute atomic E-state index is 11.9. The molecular weight excluding hydrogens is 278 g/mol. The van der Waals surface area contributed by atoms with Gasteiger partial charge in [0.2, 0.25) is 0 Å². The maximum Gasteiger partial charge on any atom is 0.427 e. The first-order valence-electron chi connectivity index (χ1n) is 7.75. The molecule has 1 fully saturated rings. The van der Waals surface area contributed by atoms with Crippen molar-refractivity contribution in [3.8, 4) is 18.1 Å². The Hall–Kier alpha value is -2.03. The summed E-state index contributed by atoms with van der Waals surface area (Å²) in [6.07, 6.45) is 8.17. The van der Waals surface area contributed by atoms with Gasteiger partial charge in [0.25, 0.3) is 0 Å². The highest BCUT2D eigenvalue weighted by Gasteiger charge is 2.18. The Balaban J connectivity index is 1.61. The van der Waals surface area contributed by atoms with E-state index in [0.717, 1.165) is 45.4 Å². The molecule has 1 aromatic carbocycles. The van der Waals surface area contributed by atoms with Crippen molar-refractivity contribution in [3.63, 3.8) is 0 Å². The number of hydrogen-bond acceptors (Lipinski definition) is 4. The zero-order valence-corrected chi connectivity index (χ0v) is 12.7. The number of carbonyl (C=O) groups excluding carboxylic acids is 1. The summed E-state index contributed by atoms with van der Waals surface area (Å²) in [4.78, 5) is 14.1. The Morgan fingerprint density at radius 3 is 2.86 bits per heavy atom. The number of hydrazine groups is 1. The van der Waals surface area contributed by atoms with Crippen LogP contribution < -0.4 is 10.2 Å². The van der Waals surface area contributed by atoms with Gasteiger partial charge in [-0.25, -0.2) is 9.80 Å². The molecule has 2 heterocycles. The Kier molecular flexibility index (Phi) is 4.62. The highest BCUT2D eigenvalue weighted by Crippen LogP contribution is 2.23. The van der Waals surface area contributed by atoms with Gasteiger partial charge in [-0.2, -0.15) is 0 Å². The molecule has 1 saturated heterocycles. The minimum Gasteiger partial charge on any atom is -0.409 e. The zero-order chi connectivity index (χ0) is 15.4. The average molecular weight is 299 g/mol. The number of rotatable bonds is 3. The van der Waals surface area contributed by atoms with Crippen molar-refractivity contribution in [3.05, 3.63) is 29.3 Å². The van der Waals surface area contributed by atoms with Crippen LogP contribution in [0.1, 0.15) is 24.0 Å². The van der Waals surface area contributed by atoms with E-state index < -0.39 is 6.09 Å². The second-order valence-corrected chi connectivity index (χ2v) is 5.79. The number of nitrogens with one attached hydrogen (secondary N) is 1. The minimum absolute atomic E-state index is 0.418. The van der Waals surface area contributed by atoms with Crippen LogP contribution in [0.3, 0.4) is 0 Å². The minimum atomic E-state index is -0.418. The third-order valence-electron chi connectivity index (χ3n) is 4.15. The molecule has 0 saturated carbocycles. The molecule has 0 aromatic heterocycles. The molecule has 1 aromatic rings. The van der Waals surface area contributed by atoms with Crippen molar-refractivity contribution < 1.29 is 9.53 Å². The molecular formula is C17H21N3O2. The molecule has 3 rings (SSSR count). The van der Waals surface area contributed by atoms with Crippen LogP contribution in [0.15, 0.2) is 18.2 Å². The third-order valence-corrected chi connectivity index (χ3v) is 4.15. The van der Waals surface area contributed by atoms with Crippen LogP contribution in [0.5, 0.6) is 5.75 Å². The lowest BCUT2D eigenvalue weighted by Crippen LogP contribution is -2.41. The number of benzene rings is 1. The van der Waals surface area contributed by atoms with E-state index in [0.29, 0.717) is 12.3 Å². The van der Waals surface area contributed by atoms with Crippen LogP contribution in [0.25, 0.3) is 0 Å². The van der Waals surface area contributed by atoms with Gasteiger partial charge in [0.1, 0.15) is 5.75 Å². The van der Waals surface area contributed by atoms with Gasteiger partial charge >= 0.3 is 6.09 Å². The van der Waals surface area contributed by atoms with Gasteiger partial charge in [0, 0.05) is 26.2 Å². The van der Waals surface area contributed by atoms with Gasteiger partial charge in [-0.3, -0.25) is 10.3 Å². The lowest BCUT2D eigenvalue weighted by molar-refractivity contribution is 0.159. The normalized spacial score (nSPS) is 18.5. The first-order valence-corrected chi connectivity index (χ1v) is 7.75. The highest BCUT2D eigenvalue weighted by atomic mass is 16.6. The van der Waals surface area contributed by atoms with Gasteiger partial charge < -0.3 is 4.74 Å². The molecule has 0 atom stereocenters. The van der Waals surface area contributed by atoms with Crippen LogP contribution >= 0.6 is 0 Å². The Morgan fingerprint density at radius 1 is 1.27 bits per heavy atom. The summed E-state index contributed by atoms with van der Waals surface area (Å²) >= 11 is 0. The van der Waals surface area contributed by atoms with Crippen LogP contribution in [-0.2, 0) is 13.0 Å². The van der Waals surface area contributed by atoms with E-state index >= 15 is 0 Å². The van der Waals surface area contributed by atoms with E-state index in [9.17, 15) is 4.79 Å². The summed E-state index contributed by atoms with van der Waals surface area (Å²) in [7, 11) is 0. The number of ether oxygens (including phenoxy) is 1. The van der Waals surface area contributed by atoms with Gasteiger partial charge in [0.05, 0.1) is 6.54 Å². The molecule has 116 valence electrons. The molecule has 2 aliphatic rings. The predicted octanol–water partition coefficient (Wildman–Crippen LogP) is 1.78. The second-order valence-electron chi connectivity index (χ2n) is 5.79. The van der Waals surface area contributed by atoms with E-state index in [1.54, 1.807) is 0 Å². The van der Waals surface area contributed by atoms with Gasteiger partial charge in [-0.1, -0.05) is 12.0 Å². The number of hydrogen-bond donors (Lipinski definition) is 1. The molecule has 22 heavy (non-hydrogen) atoms. The fourth-order valence-electron chi connectivity index (χ4n) is 3.01. The first kappa shape index (κ1) is 14.9. The van der Waals surface area contributed by atoms with E-state index in [2.05, 4.69) is 16.2 Å². The maximum atomic E-state index is 11.9. The standard InChI is InChI=1S/C17H21N3O2/c1-2-8-19-11-7-14-5-6-16(12-15(14)13-19)22-17(21)18-20-9-3-4-10-20/h1,5-6,12H,3-4,7-11,13H2,(H,18,21). The molecule has 1 amide bonds. The Morgan fingerprint density at radius 2 is 2.09 bits per heavy atom. The van der Waals surface area contributed by atoms with E-state index in [1.807, 2.05) is 23.2 Å². The molecule has 5 heteroatoms. The molecule has 0 unspecified atom stereocenters. The first-order chi connectivity index (χ1) is 10.7. The van der Waals surface area contributed by atoms with Crippen molar-refractivity contribution >= 4 is 6.09 Å². The Bertz CT molecular complexity index is 588. The van der Waals surface area contributed by atoms with E-state index in [1.165, 1.54) is 11.1 Å². The molecule has 0 bridgehead atoms. The number of nitrogens with zero attached hydrogens (tertiary/aromatic N) is 2. The zero-order valence-electron chi connectivity index (χ0n) is 12.7. The fraction of sp³-hybridized carbons (Fsp3) is 0.471. The predicted molar refractivity (Wildman–Crippen MR) is 84.2 cm³/mol. The lowest BCUT2D eigenvalue weighted by atomic mass is 9.99. The summed E-state index contributed by atoms with van der Waals surface area (Å²) < 4.78 is 5.39. The van der Waals surface area contributed by atoms with Crippen LogP contribution in [0.2, 0.25) is 0 Å². The summed E-state index contributed by atoms with van der Waals surface area (Å²) in [6, 6.07) is 5.85. The van der Waals surface area contributed by atoms with E-state index in [4.69, 9.17) is 11.2 Å². The van der Waals surface area contributed by atoms with Crippen molar-refractivity contribution in [2.45, 2.75) is 25.8 Å². The van der Waals surface area contributed by atoms with Gasteiger partial charge in [-0.05, 0) is 42.5 Å². The van der Waals surface area contributed by atoms with Gasteiger partial charge in [-0.15, -0.1) is 6.42 Å². The van der Waals surface area contributed by atoms with Crippen molar-refractivity contribution in [2.24, 2.45) is 0 Å². The Labute approximate surface area is 131 Å². The summed E-state index contributed by atoms with van der Waals surface area (Å²) in [5.41, 5.74) is 5.27. The van der Waals surface area contributed by atoms with E-state index in [-0.39, 0.29) is 0 Å². The van der Waals surface area contributed by atoms with Crippen LogP contribution in [0.4, 0.5) is 4.79 Å². The lowest BCUT2D eigenvalue weighted by Gasteiger charge is -2.27. The smallest absolute Gasteiger partial charge is 0.409 e. The van der Waals surface area contributed by atoms with Crippen molar-refractivity contribution in [2.75, 3.05) is 26.2 Å². The fourth-order valence-corrected chi connectivity index (χ4v) is 3.01. The number of carbonyl (C=O) groups is 1. The van der Waals surface area contributed by atoms with Crippen molar-refractivity contribution in [1.82, 2.24) is 15.3 Å². The van der Waals surface area contributed by atoms with Gasteiger partial charge in [0.15, 0.2) is 0 Å². The largest absolute Gasteiger partial charge is 0.427 e. The van der Waals surface area contributed by atoms with Crippen LogP contribution in [-0.4, -0.2) is 42.2 Å². The topological polar surface area (TPSA) is 44.8 Å². The summed E-state index contributed by atoms with van der Waals surface area (Å²) in [5, 5.41) is 1.90. The van der Waals surface area contributed by atoms with Crippen molar-refractivity contribution in [1.29, 1.82) is 0 Å². The SMILES string of the molecule is C#CCN1CCc2ccc(OC(=O)NN3CCCC3)cc2C1. The number of amides is 1. The summed E-state index contributed by atoms with van der Waals surface area (Å²) in [6.45, 7) is 4.22. The summed E-state index contributed by atoms with van der Waals surface area (Å²) in [5.74, 6) is 3.26. The molecule has 0 spiro atoms. The second kappa shape index (κ2) is 6.82. The quantitative estimate of drug-likeness (QED) is 0.864. The third kappa shape index (κ3) is 3.59. The molecule has 5 nitrogen and oxygen atoms in total. The molecule has 2 aliphatic heterocycles. The molecule has 1 N–H and O–H groups in total. The molecule has 0 aliphatic carbocycles. The monoisotopic (exact) mass is 299 g/mol. The molecule has 0 radical (unpaired) electrons. The van der Waals surface area contributed by atoms with Crippen LogP contribution in [0, 0.1) is 12.3 Å². The number of terminal acetylenes is 1. The average Bonchev–Trinajstić information content (AvgIpc) is 3.00.